The molecule has 3 rings (SSSR count). The van der Waals surface area contributed by atoms with Gasteiger partial charge in [-0.05, 0) is 37.1 Å². The Kier molecular flexibility index (Phi) is 5.16. The lowest BCUT2D eigenvalue weighted by Crippen LogP contribution is -2.29. The third-order valence-electron chi connectivity index (χ3n) is 4.44. The molecule has 126 valence electrons. The lowest BCUT2D eigenvalue weighted by Gasteiger charge is -2.17. The number of rotatable bonds is 5. The van der Waals surface area contributed by atoms with Gasteiger partial charge in [-0.1, -0.05) is 30.3 Å². The minimum Gasteiger partial charge on any atom is -0.493 e. The fourth-order valence-electron chi connectivity index (χ4n) is 3.15. The minimum atomic E-state index is 0.0293. The van der Waals surface area contributed by atoms with Crippen molar-refractivity contribution in [1.82, 2.24) is 4.90 Å². The van der Waals surface area contributed by atoms with Crippen LogP contribution in [0.4, 0.5) is 0 Å². The molecule has 4 nitrogen and oxygen atoms in total. The van der Waals surface area contributed by atoms with E-state index in [9.17, 15) is 9.90 Å². The molecule has 0 spiro atoms. The Morgan fingerprint density at radius 1 is 1.25 bits per heavy atom. The largest absolute Gasteiger partial charge is 0.493 e. The predicted octanol–water partition coefficient (Wildman–Crippen LogP) is 3.21. The van der Waals surface area contributed by atoms with E-state index < -0.39 is 0 Å². The van der Waals surface area contributed by atoms with E-state index in [0.717, 1.165) is 23.3 Å². The van der Waals surface area contributed by atoms with Crippen LogP contribution >= 0.6 is 0 Å². The van der Waals surface area contributed by atoms with Crippen molar-refractivity contribution < 1.29 is 14.6 Å². The molecule has 0 saturated carbocycles. The van der Waals surface area contributed by atoms with Gasteiger partial charge >= 0.3 is 0 Å². The smallest absolute Gasteiger partial charge is 0.253 e. The highest BCUT2D eigenvalue weighted by atomic mass is 16.5. The molecule has 1 N–H and O–H groups in total. The molecule has 4 heteroatoms. The normalized spacial score (nSPS) is 17.1. The number of nitrogens with zero attached hydrogens (tertiary/aromatic N) is 1. The second-order valence-corrected chi connectivity index (χ2v) is 6.10. The van der Waals surface area contributed by atoms with Gasteiger partial charge in [-0.2, -0.15) is 0 Å². The first kappa shape index (κ1) is 16.5. The van der Waals surface area contributed by atoms with Gasteiger partial charge < -0.3 is 14.7 Å². The summed E-state index contributed by atoms with van der Waals surface area (Å²) in [6, 6.07) is 15.5. The SMILES string of the molecule is CCOc1ccccc1-c1cccc(C(=O)N2CCC(CO)C2)c1. The van der Waals surface area contributed by atoms with Gasteiger partial charge in [0.05, 0.1) is 6.61 Å². The van der Waals surface area contributed by atoms with Crippen LogP contribution in [0.3, 0.4) is 0 Å². The number of aliphatic hydroxyl groups excluding tert-OH is 1. The zero-order valence-electron chi connectivity index (χ0n) is 13.9. The highest BCUT2D eigenvalue weighted by Gasteiger charge is 2.26. The molecular weight excluding hydrogens is 302 g/mol. The van der Waals surface area contributed by atoms with Crippen molar-refractivity contribution in [2.75, 3.05) is 26.3 Å². The van der Waals surface area contributed by atoms with E-state index in [1.807, 2.05) is 60.4 Å². The number of likely N-dealkylation sites (tertiary alicyclic amines) is 1. The van der Waals surface area contributed by atoms with E-state index in [0.29, 0.717) is 25.3 Å². The minimum absolute atomic E-state index is 0.0293. The van der Waals surface area contributed by atoms with E-state index in [-0.39, 0.29) is 18.4 Å². The van der Waals surface area contributed by atoms with Crippen molar-refractivity contribution in [2.45, 2.75) is 13.3 Å². The molecule has 1 aliphatic rings. The molecule has 1 aliphatic heterocycles. The Morgan fingerprint density at radius 3 is 2.83 bits per heavy atom. The Morgan fingerprint density at radius 2 is 2.08 bits per heavy atom. The van der Waals surface area contributed by atoms with Crippen LogP contribution in [-0.4, -0.2) is 42.2 Å². The molecule has 1 atom stereocenters. The summed E-state index contributed by atoms with van der Waals surface area (Å²) in [5.41, 5.74) is 2.64. The zero-order valence-corrected chi connectivity index (χ0v) is 13.9. The van der Waals surface area contributed by atoms with Gasteiger partial charge in [-0.15, -0.1) is 0 Å². The molecule has 24 heavy (non-hydrogen) atoms. The van der Waals surface area contributed by atoms with Gasteiger partial charge in [0.1, 0.15) is 5.75 Å². The molecule has 0 radical (unpaired) electrons. The number of hydrogen-bond acceptors (Lipinski definition) is 3. The number of ether oxygens (including phenoxy) is 1. The van der Waals surface area contributed by atoms with Crippen LogP contribution in [0.2, 0.25) is 0 Å². The topological polar surface area (TPSA) is 49.8 Å². The van der Waals surface area contributed by atoms with Gasteiger partial charge in [0.2, 0.25) is 0 Å². The molecule has 2 aromatic rings. The summed E-state index contributed by atoms with van der Waals surface area (Å²) in [6.45, 7) is 4.05. The number of para-hydroxylation sites is 1. The number of carbonyl (C=O) groups is 1. The Bertz CT molecular complexity index is 714. The fourth-order valence-corrected chi connectivity index (χ4v) is 3.15. The molecule has 0 aliphatic carbocycles. The molecule has 1 fully saturated rings. The Balaban J connectivity index is 1.86. The summed E-state index contributed by atoms with van der Waals surface area (Å²) in [4.78, 5) is 14.5. The van der Waals surface area contributed by atoms with Gasteiger partial charge in [0.25, 0.3) is 5.91 Å². The quantitative estimate of drug-likeness (QED) is 0.918. The van der Waals surface area contributed by atoms with Crippen LogP contribution in [0, 0.1) is 5.92 Å². The number of hydrogen-bond donors (Lipinski definition) is 1. The van der Waals surface area contributed by atoms with E-state index >= 15 is 0 Å². The summed E-state index contributed by atoms with van der Waals surface area (Å²) in [5.74, 6) is 1.06. The molecular formula is C20H23NO3. The van der Waals surface area contributed by atoms with Crippen molar-refractivity contribution in [3.05, 3.63) is 54.1 Å². The van der Waals surface area contributed by atoms with E-state index in [1.54, 1.807) is 0 Å². The highest BCUT2D eigenvalue weighted by Crippen LogP contribution is 2.30. The lowest BCUT2D eigenvalue weighted by atomic mass is 10.0. The van der Waals surface area contributed by atoms with Crippen LogP contribution in [0.5, 0.6) is 5.75 Å². The van der Waals surface area contributed by atoms with Gasteiger partial charge in [0.15, 0.2) is 0 Å². The second kappa shape index (κ2) is 7.49. The standard InChI is InChI=1S/C20H23NO3/c1-2-24-19-9-4-3-8-18(19)16-6-5-7-17(12-16)20(23)21-11-10-15(13-21)14-22/h3-9,12,15,22H,2,10-11,13-14H2,1H3. The maximum absolute atomic E-state index is 12.7. The maximum Gasteiger partial charge on any atom is 0.253 e. The van der Waals surface area contributed by atoms with Crippen molar-refractivity contribution in [3.8, 4) is 16.9 Å². The third kappa shape index (κ3) is 3.44. The average molecular weight is 325 g/mol. The molecule has 1 amide bonds. The molecule has 1 unspecified atom stereocenters. The Labute approximate surface area is 142 Å². The van der Waals surface area contributed by atoms with Gasteiger partial charge in [0, 0.05) is 36.7 Å². The van der Waals surface area contributed by atoms with Crippen LogP contribution in [0.25, 0.3) is 11.1 Å². The van der Waals surface area contributed by atoms with Crippen molar-refractivity contribution in [2.24, 2.45) is 5.92 Å². The average Bonchev–Trinajstić information content (AvgIpc) is 3.11. The van der Waals surface area contributed by atoms with E-state index in [4.69, 9.17) is 4.74 Å². The number of carbonyl (C=O) groups excluding carboxylic acids is 1. The van der Waals surface area contributed by atoms with Crippen LogP contribution < -0.4 is 4.74 Å². The first-order chi connectivity index (χ1) is 11.7. The summed E-state index contributed by atoms with van der Waals surface area (Å²) < 4.78 is 5.70. The lowest BCUT2D eigenvalue weighted by molar-refractivity contribution is 0.0782. The molecule has 1 heterocycles. The highest BCUT2D eigenvalue weighted by molar-refractivity contribution is 5.95. The van der Waals surface area contributed by atoms with Crippen molar-refractivity contribution in [3.63, 3.8) is 0 Å². The molecule has 0 aromatic heterocycles. The van der Waals surface area contributed by atoms with E-state index in [2.05, 4.69) is 0 Å². The first-order valence-electron chi connectivity index (χ1n) is 8.45. The first-order valence-corrected chi connectivity index (χ1v) is 8.45. The number of benzene rings is 2. The Hall–Kier alpha value is -2.33. The number of aliphatic hydroxyl groups is 1. The van der Waals surface area contributed by atoms with Crippen molar-refractivity contribution >= 4 is 5.91 Å². The number of amides is 1. The fraction of sp³-hybridized carbons (Fsp3) is 0.350. The predicted molar refractivity (Wildman–Crippen MR) is 94.1 cm³/mol. The van der Waals surface area contributed by atoms with Crippen molar-refractivity contribution in [1.29, 1.82) is 0 Å². The summed E-state index contributed by atoms with van der Waals surface area (Å²) in [7, 11) is 0. The van der Waals surface area contributed by atoms with Crippen LogP contribution in [-0.2, 0) is 0 Å². The second-order valence-electron chi connectivity index (χ2n) is 6.10. The van der Waals surface area contributed by atoms with Crippen LogP contribution in [0.15, 0.2) is 48.5 Å². The summed E-state index contributed by atoms with van der Waals surface area (Å²) >= 11 is 0. The monoisotopic (exact) mass is 325 g/mol. The van der Waals surface area contributed by atoms with Gasteiger partial charge in [-0.3, -0.25) is 4.79 Å². The zero-order chi connectivity index (χ0) is 16.9. The van der Waals surface area contributed by atoms with Crippen LogP contribution in [0.1, 0.15) is 23.7 Å². The maximum atomic E-state index is 12.7. The third-order valence-corrected chi connectivity index (χ3v) is 4.44. The van der Waals surface area contributed by atoms with Gasteiger partial charge in [-0.25, -0.2) is 0 Å². The summed E-state index contributed by atoms with van der Waals surface area (Å²) in [6.07, 6.45) is 0.870. The van der Waals surface area contributed by atoms with E-state index in [1.165, 1.54) is 0 Å². The molecule has 1 saturated heterocycles. The molecule has 0 bridgehead atoms. The summed E-state index contributed by atoms with van der Waals surface area (Å²) in [5, 5.41) is 9.26. The molecule has 2 aromatic carbocycles.